The average molecular weight is 327 g/mol. The Hall–Kier alpha value is -2.34. The molecule has 0 amide bonds. The number of hydrazone groups is 1. The monoisotopic (exact) mass is 326 g/mol. The Morgan fingerprint density at radius 1 is 1.14 bits per heavy atom. The third-order valence-corrected chi connectivity index (χ3v) is 2.91. The highest BCUT2D eigenvalue weighted by Gasteiger charge is 2.10. The second-order valence-electron chi connectivity index (χ2n) is 4.17. The van der Waals surface area contributed by atoms with Crippen LogP contribution < -0.4 is 14.9 Å². The van der Waals surface area contributed by atoms with Gasteiger partial charge in [0.15, 0.2) is 11.5 Å². The standard InChI is InChI=1S/C15H13ClF2N2O2/c1-21-13-7-2-10(8-14(13)22-15(17)18)9-19-20-12-5-3-11(16)4-6-12/h2-9,15,20H,1H3/b19-9-. The highest BCUT2D eigenvalue weighted by molar-refractivity contribution is 6.30. The van der Waals surface area contributed by atoms with Gasteiger partial charge in [0.05, 0.1) is 19.0 Å². The van der Waals surface area contributed by atoms with Gasteiger partial charge in [-0.25, -0.2) is 0 Å². The Bertz CT molecular complexity index is 648. The van der Waals surface area contributed by atoms with Crippen LogP contribution in [0.5, 0.6) is 11.5 Å². The van der Waals surface area contributed by atoms with Crippen LogP contribution in [-0.4, -0.2) is 19.9 Å². The Kier molecular flexibility index (Phi) is 5.55. The van der Waals surface area contributed by atoms with Gasteiger partial charge in [-0.2, -0.15) is 13.9 Å². The molecule has 0 saturated heterocycles. The van der Waals surface area contributed by atoms with E-state index in [2.05, 4.69) is 15.3 Å². The summed E-state index contributed by atoms with van der Waals surface area (Å²) in [5.74, 6) is 0.177. The summed E-state index contributed by atoms with van der Waals surface area (Å²) in [5.41, 5.74) is 4.13. The molecule has 0 atom stereocenters. The molecule has 0 aliphatic carbocycles. The van der Waals surface area contributed by atoms with E-state index in [0.29, 0.717) is 10.6 Å². The number of benzene rings is 2. The van der Waals surface area contributed by atoms with E-state index in [-0.39, 0.29) is 11.5 Å². The number of rotatable bonds is 6. The number of alkyl halides is 2. The smallest absolute Gasteiger partial charge is 0.387 e. The predicted molar refractivity (Wildman–Crippen MR) is 82.3 cm³/mol. The lowest BCUT2D eigenvalue weighted by molar-refractivity contribution is -0.0512. The Balaban J connectivity index is 2.08. The normalized spacial score (nSPS) is 11.0. The maximum absolute atomic E-state index is 12.3. The van der Waals surface area contributed by atoms with Crippen LogP contribution in [-0.2, 0) is 0 Å². The molecule has 0 aliphatic rings. The van der Waals surface area contributed by atoms with Crippen molar-refractivity contribution in [3.63, 3.8) is 0 Å². The van der Waals surface area contributed by atoms with Gasteiger partial charge in [-0.3, -0.25) is 5.43 Å². The molecule has 7 heteroatoms. The first-order valence-corrected chi connectivity index (χ1v) is 6.64. The zero-order valence-electron chi connectivity index (χ0n) is 11.6. The van der Waals surface area contributed by atoms with Gasteiger partial charge in [-0.05, 0) is 48.0 Å². The molecule has 0 spiro atoms. The predicted octanol–water partition coefficient (Wildman–Crippen LogP) is 4.40. The number of nitrogens with zero attached hydrogens (tertiary/aromatic N) is 1. The van der Waals surface area contributed by atoms with Crippen molar-refractivity contribution < 1.29 is 18.3 Å². The zero-order valence-corrected chi connectivity index (χ0v) is 12.3. The van der Waals surface area contributed by atoms with Gasteiger partial charge < -0.3 is 9.47 Å². The van der Waals surface area contributed by atoms with Gasteiger partial charge in [-0.1, -0.05) is 11.6 Å². The van der Waals surface area contributed by atoms with Crippen molar-refractivity contribution in [3.8, 4) is 11.5 Å². The van der Waals surface area contributed by atoms with Crippen LogP contribution in [0.2, 0.25) is 5.02 Å². The van der Waals surface area contributed by atoms with Gasteiger partial charge in [0, 0.05) is 5.02 Å². The number of ether oxygens (including phenoxy) is 2. The van der Waals surface area contributed by atoms with E-state index in [1.54, 1.807) is 30.3 Å². The van der Waals surface area contributed by atoms with Gasteiger partial charge in [0.2, 0.25) is 0 Å². The minimum absolute atomic E-state index is 0.0482. The Morgan fingerprint density at radius 2 is 1.86 bits per heavy atom. The van der Waals surface area contributed by atoms with Gasteiger partial charge in [0.1, 0.15) is 0 Å². The molecule has 1 N–H and O–H groups in total. The first-order valence-electron chi connectivity index (χ1n) is 6.26. The van der Waals surface area contributed by atoms with Crippen molar-refractivity contribution >= 4 is 23.5 Å². The molecule has 0 aromatic heterocycles. The highest BCUT2D eigenvalue weighted by atomic mass is 35.5. The molecule has 0 saturated carbocycles. The molecular formula is C15H13ClF2N2O2. The molecule has 116 valence electrons. The molecule has 0 fully saturated rings. The number of halogens is 3. The lowest BCUT2D eigenvalue weighted by atomic mass is 10.2. The fourth-order valence-electron chi connectivity index (χ4n) is 1.67. The summed E-state index contributed by atoms with van der Waals surface area (Å²) < 4.78 is 34.0. The van der Waals surface area contributed by atoms with Crippen LogP contribution in [0.15, 0.2) is 47.6 Å². The number of hydrogen-bond donors (Lipinski definition) is 1. The quantitative estimate of drug-likeness (QED) is 0.632. The molecule has 0 heterocycles. The highest BCUT2D eigenvalue weighted by Crippen LogP contribution is 2.29. The fourth-order valence-corrected chi connectivity index (χ4v) is 1.79. The van der Waals surface area contributed by atoms with E-state index in [1.165, 1.54) is 25.5 Å². The number of hydrogen-bond acceptors (Lipinski definition) is 4. The van der Waals surface area contributed by atoms with Crippen LogP contribution >= 0.6 is 11.6 Å². The molecule has 0 aliphatic heterocycles. The summed E-state index contributed by atoms with van der Waals surface area (Å²) in [6, 6.07) is 11.6. The molecule has 0 radical (unpaired) electrons. The van der Waals surface area contributed by atoms with Gasteiger partial charge in [-0.15, -0.1) is 0 Å². The second kappa shape index (κ2) is 7.61. The van der Waals surface area contributed by atoms with E-state index in [9.17, 15) is 8.78 Å². The van der Waals surface area contributed by atoms with Crippen molar-refractivity contribution in [1.82, 2.24) is 0 Å². The second-order valence-corrected chi connectivity index (χ2v) is 4.60. The van der Waals surface area contributed by atoms with E-state index >= 15 is 0 Å². The van der Waals surface area contributed by atoms with Gasteiger partial charge >= 0.3 is 6.61 Å². The first kappa shape index (κ1) is 16.0. The lowest BCUT2D eigenvalue weighted by Gasteiger charge is -2.10. The SMILES string of the molecule is COc1ccc(/C=N\Nc2ccc(Cl)cc2)cc1OC(F)F. The van der Waals surface area contributed by atoms with Crippen molar-refractivity contribution in [2.45, 2.75) is 6.61 Å². The maximum Gasteiger partial charge on any atom is 0.387 e. The molecular weight excluding hydrogens is 314 g/mol. The van der Waals surface area contributed by atoms with Crippen LogP contribution in [0.1, 0.15) is 5.56 Å². The van der Waals surface area contributed by atoms with E-state index in [4.69, 9.17) is 16.3 Å². The molecule has 2 rings (SSSR count). The van der Waals surface area contributed by atoms with Crippen molar-refractivity contribution in [3.05, 3.63) is 53.1 Å². The van der Waals surface area contributed by atoms with Crippen LogP contribution in [0, 0.1) is 0 Å². The number of anilines is 1. The molecule has 0 unspecified atom stereocenters. The number of methoxy groups -OCH3 is 1. The summed E-state index contributed by atoms with van der Waals surface area (Å²) in [6.07, 6.45) is 1.48. The summed E-state index contributed by atoms with van der Waals surface area (Å²) in [4.78, 5) is 0. The lowest BCUT2D eigenvalue weighted by Crippen LogP contribution is -2.04. The molecule has 22 heavy (non-hydrogen) atoms. The van der Waals surface area contributed by atoms with Crippen LogP contribution in [0.3, 0.4) is 0 Å². The topological polar surface area (TPSA) is 42.8 Å². The zero-order chi connectivity index (χ0) is 15.9. The van der Waals surface area contributed by atoms with E-state index in [1.807, 2.05) is 0 Å². The number of nitrogens with one attached hydrogen (secondary N) is 1. The molecule has 2 aromatic rings. The van der Waals surface area contributed by atoms with E-state index in [0.717, 1.165) is 5.69 Å². The molecule has 0 bridgehead atoms. The minimum atomic E-state index is -2.92. The van der Waals surface area contributed by atoms with Crippen molar-refractivity contribution in [2.24, 2.45) is 5.10 Å². The minimum Gasteiger partial charge on any atom is -0.493 e. The summed E-state index contributed by atoms with van der Waals surface area (Å²) in [5, 5.41) is 4.64. The van der Waals surface area contributed by atoms with Crippen molar-refractivity contribution in [2.75, 3.05) is 12.5 Å². The van der Waals surface area contributed by atoms with Crippen LogP contribution in [0.4, 0.5) is 14.5 Å². The summed E-state index contributed by atoms with van der Waals surface area (Å²) >= 11 is 5.78. The Morgan fingerprint density at radius 3 is 2.50 bits per heavy atom. The van der Waals surface area contributed by atoms with Crippen molar-refractivity contribution in [1.29, 1.82) is 0 Å². The molecule has 2 aromatic carbocycles. The average Bonchev–Trinajstić information content (AvgIpc) is 2.49. The maximum atomic E-state index is 12.3. The van der Waals surface area contributed by atoms with Gasteiger partial charge in [0.25, 0.3) is 0 Å². The first-order chi connectivity index (χ1) is 10.6. The summed E-state index contributed by atoms with van der Waals surface area (Å²) in [7, 11) is 1.38. The van der Waals surface area contributed by atoms with Crippen LogP contribution in [0.25, 0.3) is 0 Å². The summed E-state index contributed by atoms with van der Waals surface area (Å²) in [6.45, 7) is -2.92. The van der Waals surface area contributed by atoms with E-state index < -0.39 is 6.61 Å². The molecule has 4 nitrogen and oxygen atoms in total. The largest absolute Gasteiger partial charge is 0.493 e. The third kappa shape index (κ3) is 4.60. The Labute approximate surface area is 131 Å². The third-order valence-electron chi connectivity index (χ3n) is 2.66. The fraction of sp³-hybridized carbons (Fsp3) is 0.133.